The van der Waals surface area contributed by atoms with Gasteiger partial charge in [0.15, 0.2) is 10.9 Å². The van der Waals surface area contributed by atoms with Gasteiger partial charge in [-0.15, -0.1) is 0 Å². The van der Waals surface area contributed by atoms with Crippen molar-refractivity contribution in [3.05, 3.63) is 94.4 Å². The maximum Gasteiger partial charge on any atom is 0.270 e. The zero-order valence-corrected chi connectivity index (χ0v) is 19.8. The third-order valence-electron chi connectivity index (χ3n) is 5.12. The number of carbonyl (C=O) groups excluding carboxylic acids is 2. The fourth-order valence-electron chi connectivity index (χ4n) is 3.28. The van der Waals surface area contributed by atoms with Crippen molar-refractivity contribution in [3.63, 3.8) is 0 Å². The molecule has 1 heterocycles. The van der Waals surface area contributed by atoms with E-state index >= 15 is 0 Å². The second kappa shape index (κ2) is 10.0. The van der Waals surface area contributed by atoms with Gasteiger partial charge in [-0.25, -0.2) is 0 Å². The standard InChI is InChI=1S/C26H22N2O3S2/c1-17-11-12-20(13-18(17)2)27-24(29)16-31-22-10-6-7-19(14-22)15-23-25(30)28(26(32)33-23)21-8-4-3-5-9-21/h3-15H,16H2,1-2H3,(H,27,29)/b23-15-. The van der Waals surface area contributed by atoms with Crippen molar-refractivity contribution in [1.82, 2.24) is 0 Å². The van der Waals surface area contributed by atoms with Crippen molar-refractivity contribution >= 4 is 57.6 Å². The summed E-state index contributed by atoms with van der Waals surface area (Å²) >= 11 is 6.68. The number of benzene rings is 3. The number of ether oxygens (including phenoxy) is 1. The number of nitrogens with zero attached hydrogens (tertiary/aromatic N) is 1. The van der Waals surface area contributed by atoms with Crippen LogP contribution < -0.4 is 15.0 Å². The van der Waals surface area contributed by atoms with Crippen LogP contribution >= 0.6 is 24.0 Å². The molecule has 1 fully saturated rings. The summed E-state index contributed by atoms with van der Waals surface area (Å²) < 4.78 is 6.16. The van der Waals surface area contributed by atoms with Gasteiger partial charge in [0, 0.05) is 5.69 Å². The predicted octanol–water partition coefficient (Wildman–Crippen LogP) is 5.73. The van der Waals surface area contributed by atoms with Gasteiger partial charge in [0.25, 0.3) is 11.8 Å². The molecule has 5 nitrogen and oxygen atoms in total. The van der Waals surface area contributed by atoms with Crippen LogP contribution in [0.25, 0.3) is 6.08 Å². The Kier molecular flexibility index (Phi) is 6.91. The number of carbonyl (C=O) groups is 2. The highest BCUT2D eigenvalue weighted by molar-refractivity contribution is 8.27. The van der Waals surface area contributed by atoms with Crippen LogP contribution in [-0.2, 0) is 9.59 Å². The highest BCUT2D eigenvalue weighted by atomic mass is 32.2. The van der Waals surface area contributed by atoms with E-state index in [1.54, 1.807) is 18.2 Å². The summed E-state index contributed by atoms with van der Waals surface area (Å²) in [6.45, 7) is 3.91. The lowest BCUT2D eigenvalue weighted by atomic mass is 10.1. The molecule has 33 heavy (non-hydrogen) atoms. The lowest BCUT2D eigenvalue weighted by Crippen LogP contribution is -2.27. The minimum Gasteiger partial charge on any atom is -0.484 e. The maximum absolute atomic E-state index is 12.9. The number of amides is 2. The molecule has 0 aromatic heterocycles. The first-order valence-electron chi connectivity index (χ1n) is 10.3. The number of hydrogen-bond donors (Lipinski definition) is 1. The normalized spacial score (nSPS) is 14.6. The average Bonchev–Trinajstić information content (AvgIpc) is 3.08. The van der Waals surface area contributed by atoms with E-state index in [0.29, 0.717) is 15.0 Å². The van der Waals surface area contributed by atoms with Crippen molar-refractivity contribution in [2.24, 2.45) is 0 Å². The molecule has 1 aliphatic rings. The molecule has 7 heteroatoms. The SMILES string of the molecule is Cc1ccc(NC(=O)COc2cccc(/C=C3\SC(=S)N(c4ccccc4)C3=O)c2)cc1C. The summed E-state index contributed by atoms with van der Waals surface area (Å²) in [7, 11) is 0. The fraction of sp³-hybridized carbons (Fsp3) is 0.115. The number of nitrogens with one attached hydrogen (secondary N) is 1. The maximum atomic E-state index is 12.9. The highest BCUT2D eigenvalue weighted by Crippen LogP contribution is 2.36. The van der Waals surface area contributed by atoms with E-state index in [4.69, 9.17) is 17.0 Å². The molecule has 3 aromatic rings. The second-order valence-electron chi connectivity index (χ2n) is 7.56. The van der Waals surface area contributed by atoms with Crippen LogP contribution in [0.3, 0.4) is 0 Å². The Morgan fingerprint density at radius 2 is 1.82 bits per heavy atom. The summed E-state index contributed by atoms with van der Waals surface area (Å²) in [4.78, 5) is 27.3. The largest absolute Gasteiger partial charge is 0.484 e. The number of thiocarbonyl (C=S) groups is 1. The molecule has 0 radical (unpaired) electrons. The molecule has 1 N–H and O–H groups in total. The van der Waals surface area contributed by atoms with E-state index in [9.17, 15) is 9.59 Å². The number of thioether (sulfide) groups is 1. The summed E-state index contributed by atoms with van der Waals surface area (Å²) in [5, 5.41) is 2.84. The van der Waals surface area contributed by atoms with E-state index in [1.165, 1.54) is 22.2 Å². The Labute approximate surface area is 202 Å². The third-order valence-corrected chi connectivity index (χ3v) is 6.43. The van der Waals surface area contributed by atoms with Gasteiger partial charge in [0.2, 0.25) is 0 Å². The smallest absolute Gasteiger partial charge is 0.270 e. The van der Waals surface area contributed by atoms with E-state index in [0.717, 1.165) is 22.5 Å². The van der Waals surface area contributed by atoms with Crippen LogP contribution in [0, 0.1) is 13.8 Å². The first-order chi connectivity index (χ1) is 15.9. The second-order valence-corrected chi connectivity index (χ2v) is 9.24. The summed E-state index contributed by atoms with van der Waals surface area (Å²) in [5.74, 6) is 0.139. The van der Waals surface area contributed by atoms with Crippen molar-refractivity contribution in [2.75, 3.05) is 16.8 Å². The Hall–Kier alpha value is -3.42. The Morgan fingerprint density at radius 1 is 1.03 bits per heavy atom. The predicted molar refractivity (Wildman–Crippen MR) is 139 cm³/mol. The van der Waals surface area contributed by atoms with Crippen LogP contribution in [0.5, 0.6) is 5.75 Å². The fourth-order valence-corrected chi connectivity index (χ4v) is 4.58. The quantitative estimate of drug-likeness (QED) is 0.365. The molecule has 0 spiro atoms. The minimum absolute atomic E-state index is 0.119. The lowest BCUT2D eigenvalue weighted by molar-refractivity contribution is -0.118. The van der Waals surface area contributed by atoms with E-state index < -0.39 is 0 Å². The number of anilines is 2. The van der Waals surface area contributed by atoms with Gasteiger partial charge in [-0.2, -0.15) is 0 Å². The zero-order valence-electron chi connectivity index (χ0n) is 18.2. The summed E-state index contributed by atoms with van der Waals surface area (Å²) in [5.41, 5.74) is 4.55. The average molecular weight is 475 g/mol. The number of hydrogen-bond acceptors (Lipinski definition) is 5. The number of para-hydroxylation sites is 1. The molecule has 3 aromatic carbocycles. The van der Waals surface area contributed by atoms with Crippen molar-refractivity contribution < 1.29 is 14.3 Å². The molecule has 0 saturated carbocycles. The van der Waals surface area contributed by atoms with Crippen LogP contribution in [-0.4, -0.2) is 22.7 Å². The molecule has 1 aliphatic heterocycles. The Morgan fingerprint density at radius 3 is 2.58 bits per heavy atom. The van der Waals surface area contributed by atoms with E-state index in [-0.39, 0.29) is 18.4 Å². The summed E-state index contributed by atoms with van der Waals surface area (Å²) in [6.07, 6.45) is 1.78. The van der Waals surface area contributed by atoms with Crippen LogP contribution in [0.1, 0.15) is 16.7 Å². The first kappa shape index (κ1) is 22.8. The van der Waals surface area contributed by atoms with Gasteiger partial charge in [0.05, 0.1) is 10.6 Å². The van der Waals surface area contributed by atoms with E-state index in [1.807, 2.05) is 74.5 Å². The number of rotatable bonds is 6. The molecule has 0 aliphatic carbocycles. The first-order valence-corrected chi connectivity index (χ1v) is 11.6. The topological polar surface area (TPSA) is 58.6 Å². The van der Waals surface area contributed by atoms with Crippen LogP contribution in [0.2, 0.25) is 0 Å². The molecule has 2 amide bonds. The molecule has 0 unspecified atom stereocenters. The Bertz CT molecular complexity index is 1260. The van der Waals surface area contributed by atoms with Gasteiger partial charge in [-0.1, -0.05) is 60.4 Å². The van der Waals surface area contributed by atoms with Crippen LogP contribution in [0.4, 0.5) is 11.4 Å². The Balaban J connectivity index is 1.41. The van der Waals surface area contributed by atoms with Crippen molar-refractivity contribution in [1.29, 1.82) is 0 Å². The van der Waals surface area contributed by atoms with Crippen molar-refractivity contribution in [3.8, 4) is 5.75 Å². The summed E-state index contributed by atoms with van der Waals surface area (Å²) in [6, 6.07) is 22.4. The molecule has 166 valence electrons. The van der Waals surface area contributed by atoms with Gasteiger partial charge < -0.3 is 10.1 Å². The molecule has 4 rings (SSSR count). The van der Waals surface area contributed by atoms with Gasteiger partial charge in [-0.05, 0) is 73.0 Å². The van der Waals surface area contributed by atoms with Crippen molar-refractivity contribution in [2.45, 2.75) is 13.8 Å². The third kappa shape index (κ3) is 5.50. The van der Waals surface area contributed by atoms with Crippen LogP contribution in [0.15, 0.2) is 77.7 Å². The van der Waals surface area contributed by atoms with Gasteiger partial charge in [0.1, 0.15) is 5.75 Å². The molecule has 0 bridgehead atoms. The van der Waals surface area contributed by atoms with E-state index in [2.05, 4.69) is 5.32 Å². The lowest BCUT2D eigenvalue weighted by Gasteiger charge is -2.13. The number of aryl methyl sites for hydroxylation is 2. The monoisotopic (exact) mass is 474 g/mol. The molecule has 1 saturated heterocycles. The highest BCUT2D eigenvalue weighted by Gasteiger charge is 2.33. The van der Waals surface area contributed by atoms with Gasteiger partial charge in [-0.3, -0.25) is 14.5 Å². The molecular weight excluding hydrogens is 452 g/mol. The van der Waals surface area contributed by atoms with Gasteiger partial charge >= 0.3 is 0 Å². The molecular formula is C26H22N2O3S2. The minimum atomic E-state index is -0.243. The zero-order chi connectivity index (χ0) is 23.4. The molecule has 0 atom stereocenters.